The van der Waals surface area contributed by atoms with Crippen molar-refractivity contribution < 1.29 is 14.3 Å². The molecule has 2 rings (SSSR count). The number of rotatable bonds is 7. The summed E-state index contributed by atoms with van der Waals surface area (Å²) in [5.41, 5.74) is -0.580. The molecule has 1 amide bonds. The lowest BCUT2D eigenvalue weighted by molar-refractivity contribution is 0.0429. The number of benzene rings is 1. The Balaban J connectivity index is 1.99. The molecule has 0 aliphatic heterocycles. The second-order valence-electron chi connectivity index (χ2n) is 6.62. The molecule has 0 saturated heterocycles. The van der Waals surface area contributed by atoms with Gasteiger partial charge in [0.1, 0.15) is 24.2 Å². The number of carbonyl (C=O) groups is 1. The minimum absolute atomic E-state index is 0.116. The molecule has 2 N–H and O–H groups in total. The Morgan fingerprint density at radius 1 is 1.46 bits per heavy atom. The van der Waals surface area contributed by atoms with Crippen molar-refractivity contribution in [3.63, 3.8) is 0 Å². The van der Waals surface area contributed by atoms with Crippen molar-refractivity contribution in [1.82, 2.24) is 20.1 Å². The summed E-state index contributed by atoms with van der Waals surface area (Å²) in [6, 6.07) is 4.13. The van der Waals surface area contributed by atoms with Gasteiger partial charge in [-0.25, -0.2) is 14.1 Å². The van der Waals surface area contributed by atoms with Gasteiger partial charge in [0.25, 0.3) is 5.91 Å². The quantitative estimate of drug-likeness (QED) is 0.814. The van der Waals surface area contributed by atoms with Crippen LogP contribution in [0.4, 0.5) is 4.39 Å². The van der Waals surface area contributed by atoms with E-state index < -0.39 is 17.3 Å². The van der Waals surface area contributed by atoms with E-state index in [1.54, 1.807) is 6.92 Å². The molecule has 1 aromatic carbocycles. The minimum atomic E-state index is -0.987. The molecule has 0 aliphatic rings. The predicted octanol–water partition coefficient (Wildman–Crippen LogP) is 2.32. The number of halogens is 1. The molecular formula is C17H23FN4O2. The van der Waals surface area contributed by atoms with E-state index in [-0.39, 0.29) is 17.8 Å². The summed E-state index contributed by atoms with van der Waals surface area (Å²) in [5.74, 6) is -0.519. The summed E-state index contributed by atoms with van der Waals surface area (Å²) >= 11 is 0. The molecule has 0 fully saturated rings. The fourth-order valence-corrected chi connectivity index (χ4v) is 2.23. The number of aliphatic hydroxyl groups is 1. The van der Waals surface area contributed by atoms with Gasteiger partial charge in [-0.15, -0.1) is 0 Å². The summed E-state index contributed by atoms with van der Waals surface area (Å²) in [5, 5.41) is 16.8. The Hall–Kier alpha value is -2.28. The van der Waals surface area contributed by atoms with Crippen LogP contribution < -0.4 is 5.32 Å². The van der Waals surface area contributed by atoms with Crippen LogP contribution in [-0.2, 0) is 0 Å². The third-order valence-corrected chi connectivity index (χ3v) is 3.77. The van der Waals surface area contributed by atoms with Gasteiger partial charge in [-0.3, -0.25) is 4.79 Å². The van der Waals surface area contributed by atoms with Crippen molar-refractivity contribution in [2.75, 3.05) is 6.54 Å². The van der Waals surface area contributed by atoms with Gasteiger partial charge in [-0.1, -0.05) is 13.8 Å². The van der Waals surface area contributed by atoms with Crippen molar-refractivity contribution in [3.8, 4) is 5.69 Å². The Kier molecular flexibility index (Phi) is 5.66. The summed E-state index contributed by atoms with van der Waals surface area (Å²) in [7, 11) is 0. The fourth-order valence-electron chi connectivity index (χ4n) is 2.23. The molecule has 6 nitrogen and oxygen atoms in total. The highest BCUT2D eigenvalue weighted by molar-refractivity contribution is 5.94. The monoisotopic (exact) mass is 334 g/mol. The van der Waals surface area contributed by atoms with E-state index in [2.05, 4.69) is 29.2 Å². The van der Waals surface area contributed by atoms with E-state index in [0.29, 0.717) is 12.3 Å². The number of hydrogen-bond donors (Lipinski definition) is 2. The lowest BCUT2D eigenvalue weighted by atomic mass is 9.95. The standard InChI is InChI=1S/C17H23FN4O2/c1-12(2)6-7-17(3,24)9-20-16(23)13-4-5-15(14(18)8-13)22-11-19-10-21-22/h4-5,8,10-12,24H,6-7,9H2,1-3H3,(H,20,23). The maximum atomic E-state index is 14.1. The zero-order chi connectivity index (χ0) is 17.7. The van der Waals surface area contributed by atoms with Gasteiger partial charge >= 0.3 is 0 Å². The summed E-state index contributed by atoms with van der Waals surface area (Å²) in [4.78, 5) is 15.9. The van der Waals surface area contributed by atoms with E-state index in [0.717, 1.165) is 12.5 Å². The van der Waals surface area contributed by atoms with E-state index in [1.807, 2.05) is 0 Å². The van der Waals surface area contributed by atoms with Crippen molar-refractivity contribution >= 4 is 5.91 Å². The van der Waals surface area contributed by atoms with Crippen LogP contribution in [0.2, 0.25) is 0 Å². The summed E-state index contributed by atoms with van der Waals surface area (Å²) in [6.45, 7) is 5.96. The van der Waals surface area contributed by atoms with Crippen molar-refractivity contribution in [2.45, 2.75) is 39.2 Å². The second kappa shape index (κ2) is 7.53. The lowest BCUT2D eigenvalue weighted by Crippen LogP contribution is -2.40. The van der Waals surface area contributed by atoms with Gasteiger partial charge in [0.2, 0.25) is 0 Å². The first kappa shape index (κ1) is 18.1. The van der Waals surface area contributed by atoms with Crippen molar-refractivity contribution in [2.24, 2.45) is 5.92 Å². The van der Waals surface area contributed by atoms with Gasteiger partial charge in [0, 0.05) is 12.1 Å². The Morgan fingerprint density at radius 2 is 2.21 bits per heavy atom. The van der Waals surface area contributed by atoms with Crippen LogP contribution in [0.3, 0.4) is 0 Å². The first-order valence-corrected chi connectivity index (χ1v) is 7.93. The minimum Gasteiger partial charge on any atom is -0.388 e. The van der Waals surface area contributed by atoms with E-state index in [4.69, 9.17) is 0 Å². The average molecular weight is 334 g/mol. The molecule has 2 aromatic rings. The average Bonchev–Trinajstić information content (AvgIpc) is 3.05. The number of amides is 1. The first-order chi connectivity index (χ1) is 11.3. The third kappa shape index (κ3) is 4.86. The van der Waals surface area contributed by atoms with E-state index in [9.17, 15) is 14.3 Å². The highest BCUT2D eigenvalue weighted by Gasteiger charge is 2.22. The SMILES string of the molecule is CC(C)CCC(C)(O)CNC(=O)c1ccc(-n2cncn2)c(F)c1. The van der Waals surface area contributed by atoms with Crippen LogP contribution >= 0.6 is 0 Å². The molecule has 0 spiro atoms. The highest BCUT2D eigenvalue weighted by Crippen LogP contribution is 2.17. The van der Waals surface area contributed by atoms with Gasteiger partial charge < -0.3 is 10.4 Å². The molecule has 1 heterocycles. The molecule has 7 heteroatoms. The highest BCUT2D eigenvalue weighted by atomic mass is 19.1. The Bertz CT molecular complexity index is 684. The summed E-state index contributed by atoms with van der Waals surface area (Å²) in [6.07, 6.45) is 4.14. The molecule has 1 unspecified atom stereocenters. The molecule has 1 atom stereocenters. The molecule has 1 aromatic heterocycles. The molecule has 0 bridgehead atoms. The zero-order valence-electron chi connectivity index (χ0n) is 14.2. The van der Waals surface area contributed by atoms with Crippen LogP contribution in [-0.4, -0.2) is 37.9 Å². The number of aromatic nitrogens is 3. The number of carbonyl (C=O) groups excluding carboxylic acids is 1. The van der Waals surface area contributed by atoms with Gasteiger partial charge in [-0.2, -0.15) is 5.10 Å². The van der Waals surface area contributed by atoms with Gasteiger partial charge in [-0.05, 0) is 43.9 Å². The number of hydrogen-bond acceptors (Lipinski definition) is 4. The van der Waals surface area contributed by atoms with Crippen molar-refractivity contribution in [3.05, 3.63) is 42.2 Å². The Labute approximate surface area is 140 Å². The maximum absolute atomic E-state index is 14.1. The second-order valence-corrected chi connectivity index (χ2v) is 6.62. The molecule has 0 saturated carbocycles. The molecule has 0 aliphatic carbocycles. The van der Waals surface area contributed by atoms with Crippen LogP contribution in [0.5, 0.6) is 0 Å². The predicted molar refractivity (Wildman–Crippen MR) is 88.3 cm³/mol. The largest absolute Gasteiger partial charge is 0.388 e. The van der Waals surface area contributed by atoms with Crippen molar-refractivity contribution in [1.29, 1.82) is 0 Å². The smallest absolute Gasteiger partial charge is 0.251 e. The third-order valence-electron chi connectivity index (χ3n) is 3.77. The van der Waals surface area contributed by atoms with Gasteiger partial charge in [0.15, 0.2) is 0 Å². The van der Waals surface area contributed by atoms with Gasteiger partial charge in [0.05, 0.1) is 5.60 Å². The fraction of sp³-hybridized carbons (Fsp3) is 0.471. The van der Waals surface area contributed by atoms with Crippen LogP contribution in [0, 0.1) is 11.7 Å². The van der Waals surface area contributed by atoms with Crippen LogP contribution in [0.25, 0.3) is 5.69 Å². The molecule has 130 valence electrons. The number of nitrogens with zero attached hydrogens (tertiary/aromatic N) is 3. The summed E-state index contributed by atoms with van der Waals surface area (Å²) < 4.78 is 15.4. The molecule has 0 radical (unpaired) electrons. The van der Waals surface area contributed by atoms with Crippen LogP contribution in [0.1, 0.15) is 44.0 Å². The maximum Gasteiger partial charge on any atom is 0.251 e. The first-order valence-electron chi connectivity index (χ1n) is 7.93. The Morgan fingerprint density at radius 3 is 2.79 bits per heavy atom. The van der Waals surface area contributed by atoms with Crippen LogP contribution in [0.15, 0.2) is 30.9 Å². The lowest BCUT2D eigenvalue weighted by Gasteiger charge is -2.24. The zero-order valence-corrected chi connectivity index (χ0v) is 14.2. The molecule has 24 heavy (non-hydrogen) atoms. The topological polar surface area (TPSA) is 80.0 Å². The number of nitrogens with one attached hydrogen (secondary N) is 1. The van der Waals surface area contributed by atoms with E-state index >= 15 is 0 Å². The normalized spacial score (nSPS) is 13.8. The molecular weight excluding hydrogens is 311 g/mol. The van der Waals surface area contributed by atoms with E-state index in [1.165, 1.54) is 29.5 Å².